The van der Waals surface area contributed by atoms with Crippen molar-refractivity contribution in [2.45, 2.75) is 37.8 Å². The second-order valence-electron chi connectivity index (χ2n) is 6.74. The monoisotopic (exact) mass is 349 g/mol. The van der Waals surface area contributed by atoms with Crippen LogP contribution in [0.1, 0.15) is 25.7 Å². The van der Waals surface area contributed by atoms with Gasteiger partial charge in [-0.25, -0.2) is 0 Å². The number of amides is 1. The number of halogens is 1. The van der Waals surface area contributed by atoms with Gasteiger partial charge in [0.1, 0.15) is 0 Å². The third-order valence-corrected chi connectivity index (χ3v) is 5.27. The summed E-state index contributed by atoms with van der Waals surface area (Å²) in [5, 5.41) is 18.1. The molecule has 0 unspecified atom stereocenters. The first-order valence-corrected chi connectivity index (χ1v) is 8.76. The van der Waals surface area contributed by atoms with Crippen molar-refractivity contribution in [1.29, 1.82) is 0 Å². The average molecular weight is 350 g/mol. The normalized spacial score (nSPS) is 24.8. The Labute approximate surface area is 144 Å². The number of carbonyl (C=O) groups excluding carboxylic acids is 1. The van der Waals surface area contributed by atoms with Crippen LogP contribution < -0.4 is 10.2 Å². The SMILES string of the molecule is O=C(NC1CC(O)C1)C1CCN(c2noc3ccc(Cl)cc23)CC1. The molecule has 0 bridgehead atoms. The van der Waals surface area contributed by atoms with Crippen LogP contribution in [0.2, 0.25) is 5.02 Å². The molecule has 2 N–H and O–H groups in total. The summed E-state index contributed by atoms with van der Waals surface area (Å²) in [4.78, 5) is 14.4. The van der Waals surface area contributed by atoms with Gasteiger partial charge < -0.3 is 19.8 Å². The lowest BCUT2D eigenvalue weighted by Gasteiger charge is -2.35. The maximum absolute atomic E-state index is 12.3. The molecule has 4 rings (SSSR count). The molecule has 7 heteroatoms. The molecule has 0 radical (unpaired) electrons. The summed E-state index contributed by atoms with van der Waals surface area (Å²) in [6.07, 6.45) is 2.68. The molecule has 24 heavy (non-hydrogen) atoms. The number of anilines is 1. The van der Waals surface area contributed by atoms with E-state index in [4.69, 9.17) is 16.1 Å². The number of nitrogens with one attached hydrogen (secondary N) is 1. The van der Waals surface area contributed by atoms with Gasteiger partial charge in [-0.05, 0) is 43.9 Å². The van der Waals surface area contributed by atoms with Gasteiger partial charge in [-0.15, -0.1) is 0 Å². The van der Waals surface area contributed by atoms with E-state index in [2.05, 4.69) is 15.4 Å². The second-order valence-corrected chi connectivity index (χ2v) is 7.18. The molecule has 0 atom stereocenters. The van der Waals surface area contributed by atoms with Gasteiger partial charge in [0.25, 0.3) is 0 Å². The minimum absolute atomic E-state index is 0.0285. The number of aliphatic hydroxyl groups is 1. The van der Waals surface area contributed by atoms with Crippen LogP contribution in [0.4, 0.5) is 5.82 Å². The molecule has 1 aliphatic carbocycles. The van der Waals surface area contributed by atoms with Gasteiger partial charge in [0.15, 0.2) is 11.4 Å². The highest BCUT2D eigenvalue weighted by Crippen LogP contribution is 2.31. The predicted octanol–water partition coefficient (Wildman–Crippen LogP) is 2.34. The number of rotatable bonds is 3. The van der Waals surface area contributed by atoms with Crippen molar-refractivity contribution in [3.8, 4) is 0 Å². The van der Waals surface area contributed by atoms with Crippen molar-refractivity contribution in [3.63, 3.8) is 0 Å². The zero-order chi connectivity index (χ0) is 16.7. The van der Waals surface area contributed by atoms with E-state index in [-0.39, 0.29) is 24.0 Å². The van der Waals surface area contributed by atoms with Crippen LogP contribution in [0.5, 0.6) is 0 Å². The summed E-state index contributed by atoms with van der Waals surface area (Å²) >= 11 is 6.07. The summed E-state index contributed by atoms with van der Waals surface area (Å²) in [5.74, 6) is 0.939. The Hall–Kier alpha value is -1.79. The standard InChI is InChI=1S/C17H20ClN3O3/c18-11-1-2-15-14(7-11)16(20-24-15)21-5-3-10(4-6-21)17(23)19-12-8-13(22)9-12/h1-2,7,10,12-13,22H,3-6,8-9H2,(H,19,23). The number of benzene rings is 1. The number of aromatic nitrogens is 1. The van der Waals surface area contributed by atoms with Gasteiger partial charge in [-0.2, -0.15) is 0 Å². The first kappa shape index (κ1) is 15.7. The van der Waals surface area contributed by atoms with Crippen molar-refractivity contribution < 1.29 is 14.4 Å². The van der Waals surface area contributed by atoms with E-state index < -0.39 is 0 Å². The molecule has 128 valence electrons. The summed E-state index contributed by atoms with van der Waals surface area (Å²) in [5.41, 5.74) is 0.720. The Balaban J connectivity index is 1.38. The second kappa shape index (κ2) is 6.26. The van der Waals surface area contributed by atoms with E-state index in [0.29, 0.717) is 17.9 Å². The van der Waals surface area contributed by atoms with Crippen LogP contribution in [-0.2, 0) is 4.79 Å². The maximum atomic E-state index is 12.3. The Morgan fingerprint density at radius 3 is 2.79 bits per heavy atom. The highest BCUT2D eigenvalue weighted by atomic mass is 35.5. The van der Waals surface area contributed by atoms with Gasteiger partial charge in [0.2, 0.25) is 5.91 Å². The molecule has 0 spiro atoms. The van der Waals surface area contributed by atoms with Crippen LogP contribution in [0.25, 0.3) is 11.0 Å². The van der Waals surface area contributed by atoms with Crippen LogP contribution >= 0.6 is 11.6 Å². The van der Waals surface area contributed by atoms with Gasteiger partial charge in [0, 0.05) is 30.1 Å². The highest BCUT2D eigenvalue weighted by Gasteiger charge is 2.32. The number of fused-ring (bicyclic) bond motifs is 1. The molecule has 2 aromatic rings. The average Bonchev–Trinajstić information content (AvgIpc) is 2.96. The van der Waals surface area contributed by atoms with Crippen LogP contribution in [0.15, 0.2) is 22.7 Å². The van der Waals surface area contributed by atoms with Crippen molar-refractivity contribution in [1.82, 2.24) is 10.5 Å². The Bertz CT molecular complexity index is 749. The van der Waals surface area contributed by atoms with E-state index in [0.717, 1.165) is 42.7 Å². The number of hydrogen-bond acceptors (Lipinski definition) is 5. The van der Waals surface area contributed by atoms with E-state index in [1.165, 1.54) is 0 Å². The fourth-order valence-electron chi connectivity index (χ4n) is 3.50. The van der Waals surface area contributed by atoms with Crippen molar-refractivity contribution in [2.75, 3.05) is 18.0 Å². The lowest BCUT2D eigenvalue weighted by Crippen LogP contribution is -2.50. The molecular formula is C17H20ClN3O3. The zero-order valence-electron chi connectivity index (χ0n) is 13.2. The highest BCUT2D eigenvalue weighted by molar-refractivity contribution is 6.31. The lowest BCUT2D eigenvalue weighted by molar-refractivity contribution is -0.127. The van der Waals surface area contributed by atoms with Crippen LogP contribution in [-0.4, -0.2) is 41.4 Å². The quantitative estimate of drug-likeness (QED) is 0.889. The Morgan fingerprint density at radius 1 is 1.33 bits per heavy atom. The molecule has 2 fully saturated rings. The van der Waals surface area contributed by atoms with Crippen LogP contribution in [0.3, 0.4) is 0 Å². The summed E-state index contributed by atoms with van der Waals surface area (Å²) in [6.45, 7) is 1.53. The van der Waals surface area contributed by atoms with Crippen molar-refractivity contribution >= 4 is 34.3 Å². The van der Waals surface area contributed by atoms with Gasteiger partial charge in [0.05, 0.1) is 11.5 Å². The molecule has 1 aromatic heterocycles. The molecule has 1 saturated heterocycles. The maximum Gasteiger partial charge on any atom is 0.223 e. The van der Waals surface area contributed by atoms with E-state index in [9.17, 15) is 9.90 Å². The van der Waals surface area contributed by atoms with Crippen LogP contribution in [0, 0.1) is 5.92 Å². The number of carbonyl (C=O) groups is 1. The molecule has 1 aliphatic heterocycles. The number of hydrogen-bond donors (Lipinski definition) is 2. The van der Waals surface area contributed by atoms with E-state index in [1.807, 2.05) is 12.1 Å². The number of nitrogens with zero attached hydrogens (tertiary/aromatic N) is 2. The molecule has 1 amide bonds. The fourth-order valence-corrected chi connectivity index (χ4v) is 3.68. The molecule has 1 aromatic carbocycles. The number of aliphatic hydroxyl groups excluding tert-OH is 1. The Kier molecular flexibility index (Phi) is 4.10. The first-order valence-electron chi connectivity index (χ1n) is 8.38. The van der Waals surface area contributed by atoms with Gasteiger partial charge in [-0.1, -0.05) is 16.8 Å². The first-order chi connectivity index (χ1) is 11.6. The summed E-state index contributed by atoms with van der Waals surface area (Å²) in [6, 6.07) is 5.62. The van der Waals surface area contributed by atoms with Gasteiger partial charge in [-0.3, -0.25) is 4.79 Å². The molecule has 2 aliphatic rings. The molecule has 2 heterocycles. The smallest absolute Gasteiger partial charge is 0.223 e. The Morgan fingerprint density at radius 2 is 2.08 bits per heavy atom. The largest absolute Gasteiger partial charge is 0.393 e. The van der Waals surface area contributed by atoms with Crippen molar-refractivity contribution in [2.24, 2.45) is 5.92 Å². The molecule has 6 nitrogen and oxygen atoms in total. The van der Waals surface area contributed by atoms with Crippen molar-refractivity contribution in [3.05, 3.63) is 23.2 Å². The van der Waals surface area contributed by atoms with Gasteiger partial charge >= 0.3 is 0 Å². The minimum Gasteiger partial charge on any atom is -0.393 e. The third kappa shape index (κ3) is 2.96. The topological polar surface area (TPSA) is 78.6 Å². The number of piperidine rings is 1. The summed E-state index contributed by atoms with van der Waals surface area (Å²) < 4.78 is 5.36. The fraction of sp³-hybridized carbons (Fsp3) is 0.529. The summed E-state index contributed by atoms with van der Waals surface area (Å²) in [7, 11) is 0. The molecule has 1 saturated carbocycles. The molecular weight excluding hydrogens is 330 g/mol. The zero-order valence-corrected chi connectivity index (χ0v) is 14.0. The predicted molar refractivity (Wildman–Crippen MR) is 91.1 cm³/mol. The lowest BCUT2D eigenvalue weighted by atomic mass is 9.88. The third-order valence-electron chi connectivity index (χ3n) is 5.04. The van der Waals surface area contributed by atoms with E-state index >= 15 is 0 Å². The minimum atomic E-state index is -0.246. The van der Waals surface area contributed by atoms with E-state index in [1.54, 1.807) is 6.07 Å².